The smallest absolute Gasteiger partial charge is 0.288 e. The van der Waals surface area contributed by atoms with Gasteiger partial charge >= 0.3 is 0 Å². The van der Waals surface area contributed by atoms with Crippen LogP contribution in [-0.2, 0) is 0 Å². The van der Waals surface area contributed by atoms with Crippen LogP contribution < -0.4 is 15.8 Å². The zero-order valence-electron chi connectivity index (χ0n) is 17.8. The van der Waals surface area contributed by atoms with Gasteiger partial charge in [0.25, 0.3) is 11.5 Å². The minimum Gasteiger partial charge on any atom is -0.352 e. The number of piperazine rings is 1. The van der Waals surface area contributed by atoms with E-state index in [2.05, 4.69) is 44.1 Å². The maximum Gasteiger partial charge on any atom is 0.288 e. The largest absolute Gasteiger partial charge is 0.352 e. The highest BCUT2D eigenvalue weighted by molar-refractivity contribution is 7.20. The van der Waals surface area contributed by atoms with Crippen LogP contribution in [0.15, 0.2) is 11.0 Å². The molecule has 2 saturated heterocycles. The number of rotatable bonds is 6. The molecule has 9 nitrogen and oxygen atoms in total. The van der Waals surface area contributed by atoms with Crippen LogP contribution in [0.1, 0.15) is 36.5 Å². The molecule has 0 aromatic carbocycles. The molecule has 164 valence electrons. The van der Waals surface area contributed by atoms with Gasteiger partial charge in [-0.3, -0.25) is 9.59 Å². The van der Waals surface area contributed by atoms with Gasteiger partial charge in [-0.15, -0.1) is 5.10 Å². The first-order valence-electron chi connectivity index (χ1n) is 10.8. The molecule has 0 aliphatic carbocycles. The third-order valence-corrected chi connectivity index (χ3v) is 7.09. The molecule has 4 heterocycles. The van der Waals surface area contributed by atoms with Gasteiger partial charge in [0, 0.05) is 52.0 Å². The molecule has 0 spiro atoms. The van der Waals surface area contributed by atoms with Gasteiger partial charge < -0.3 is 20.0 Å². The third-order valence-electron chi connectivity index (χ3n) is 6.11. The molecule has 0 bridgehead atoms. The minimum absolute atomic E-state index is 0.0520. The molecule has 0 unspecified atom stereocenters. The molecule has 1 N–H and O–H groups in total. The van der Waals surface area contributed by atoms with Crippen LogP contribution in [0.2, 0.25) is 0 Å². The van der Waals surface area contributed by atoms with E-state index in [1.165, 1.54) is 22.0 Å². The van der Waals surface area contributed by atoms with Gasteiger partial charge in [0.2, 0.25) is 10.1 Å². The van der Waals surface area contributed by atoms with E-state index in [9.17, 15) is 9.59 Å². The van der Waals surface area contributed by atoms with Gasteiger partial charge in [0.05, 0.1) is 0 Å². The van der Waals surface area contributed by atoms with E-state index in [0.717, 1.165) is 76.1 Å². The highest BCUT2D eigenvalue weighted by Crippen LogP contribution is 2.26. The van der Waals surface area contributed by atoms with E-state index in [4.69, 9.17) is 0 Å². The van der Waals surface area contributed by atoms with Gasteiger partial charge in [-0.25, -0.2) is 4.98 Å². The lowest BCUT2D eigenvalue weighted by molar-refractivity contribution is 0.0947. The monoisotopic (exact) mass is 433 g/mol. The van der Waals surface area contributed by atoms with E-state index in [0.29, 0.717) is 11.5 Å². The summed E-state index contributed by atoms with van der Waals surface area (Å²) in [6.45, 7) is 9.94. The number of nitrogens with zero attached hydrogens (tertiary/aromatic N) is 6. The Kier molecular flexibility index (Phi) is 6.64. The molecule has 2 aliphatic rings. The summed E-state index contributed by atoms with van der Waals surface area (Å²) in [7, 11) is 2.14. The van der Waals surface area contributed by atoms with Crippen LogP contribution in [0.4, 0.5) is 5.13 Å². The Bertz CT molecular complexity index is 927. The first kappa shape index (κ1) is 21.2. The van der Waals surface area contributed by atoms with Crippen molar-refractivity contribution < 1.29 is 4.79 Å². The molecule has 0 saturated carbocycles. The number of aromatic nitrogens is 3. The normalized spacial score (nSPS) is 19.5. The van der Waals surface area contributed by atoms with Gasteiger partial charge in [-0.05, 0) is 38.8 Å². The molecule has 2 aliphatic heterocycles. The molecule has 0 radical (unpaired) electrons. The summed E-state index contributed by atoms with van der Waals surface area (Å²) in [6.07, 6.45) is 4.49. The number of fused-ring (bicyclic) bond motifs is 1. The summed E-state index contributed by atoms with van der Waals surface area (Å²) >= 11 is 1.40. The van der Waals surface area contributed by atoms with Crippen molar-refractivity contribution in [3.05, 3.63) is 22.1 Å². The lowest BCUT2D eigenvalue weighted by atomic mass is 10.00. The van der Waals surface area contributed by atoms with E-state index in [1.54, 1.807) is 0 Å². The Morgan fingerprint density at radius 3 is 2.67 bits per heavy atom. The number of nitrogens with one attached hydrogen (secondary N) is 1. The number of carbonyl (C=O) groups is 1. The molecule has 0 atom stereocenters. The number of amides is 1. The number of anilines is 1. The minimum atomic E-state index is -0.399. The Labute approximate surface area is 180 Å². The zero-order valence-corrected chi connectivity index (χ0v) is 18.7. The highest BCUT2D eigenvalue weighted by atomic mass is 32.1. The van der Waals surface area contributed by atoms with Crippen molar-refractivity contribution in [2.75, 3.05) is 64.3 Å². The maximum absolute atomic E-state index is 12.8. The van der Waals surface area contributed by atoms with Gasteiger partial charge in [0.15, 0.2) is 0 Å². The molecule has 4 rings (SSSR count). The molecular weight excluding hydrogens is 402 g/mol. The van der Waals surface area contributed by atoms with Gasteiger partial charge in [-0.1, -0.05) is 18.3 Å². The van der Waals surface area contributed by atoms with Crippen LogP contribution >= 0.6 is 11.3 Å². The van der Waals surface area contributed by atoms with E-state index < -0.39 is 5.56 Å². The summed E-state index contributed by atoms with van der Waals surface area (Å²) in [5.41, 5.74) is -0.347. The third kappa shape index (κ3) is 4.81. The van der Waals surface area contributed by atoms with E-state index >= 15 is 0 Å². The molecule has 30 heavy (non-hydrogen) atoms. The quantitative estimate of drug-likeness (QED) is 0.673. The average Bonchev–Trinajstić information content (AvgIpc) is 3.18. The second-order valence-electron chi connectivity index (χ2n) is 8.48. The first-order valence-corrected chi connectivity index (χ1v) is 11.7. The fourth-order valence-corrected chi connectivity index (χ4v) is 4.84. The predicted octanol–water partition coefficient (Wildman–Crippen LogP) is 0.755. The van der Waals surface area contributed by atoms with Crippen molar-refractivity contribution >= 4 is 27.3 Å². The Morgan fingerprint density at radius 1 is 1.20 bits per heavy atom. The van der Waals surface area contributed by atoms with Crippen LogP contribution in [0.25, 0.3) is 4.96 Å². The van der Waals surface area contributed by atoms with Crippen molar-refractivity contribution in [1.29, 1.82) is 0 Å². The Hall–Kier alpha value is -2.04. The van der Waals surface area contributed by atoms with E-state index in [1.807, 2.05) is 0 Å². The molecule has 2 fully saturated rings. The summed E-state index contributed by atoms with van der Waals surface area (Å²) in [5, 5.41) is 8.13. The molecule has 10 heteroatoms. The number of likely N-dealkylation sites (N-methyl/N-ethyl adjacent to an activating group) is 1. The fourth-order valence-electron chi connectivity index (χ4n) is 3.93. The lowest BCUT2D eigenvalue weighted by Gasteiger charge is -2.32. The van der Waals surface area contributed by atoms with Crippen molar-refractivity contribution in [2.45, 2.75) is 26.2 Å². The second kappa shape index (κ2) is 9.40. The van der Waals surface area contributed by atoms with Crippen LogP contribution in [0.3, 0.4) is 0 Å². The summed E-state index contributed by atoms with van der Waals surface area (Å²) in [4.78, 5) is 37.1. The summed E-state index contributed by atoms with van der Waals surface area (Å²) < 4.78 is 1.27. The standard InChI is InChI=1S/C20H31N7O2S/c1-15-4-8-26(9-5-15)20-23-27-18(29)16(14-22-19(27)30-20)17(28)21-6-3-7-25-12-10-24(2)11-13-25/h14-15H,3-13H2,1-2H3,(H,21,28). The molecule has 2 aromatic heterocycles. The number of hydrogen-bond donors (Lipinski definition) is 1. The Balaban J connectivity index is 1.34. The molecule has 2 aromatic rings. The number of piperidine rings is 1. The van der Waals surface area contributed by atoms with Crippen molar-refractivity contribution in [2.24, 2.45) is 5.92 Å². The molecule has 1 amide bonds. The highest BCUT2D eigenvalue weighted by Gasteiger charge is 2.21. The molecular formula is C20H31N7O2S. The Morgan fingerprint density at radius 2 is 1.93 bits per heavy atom. The van der Waals surface area contributed by atoms with Crippen molar-refractivity contribution in [1.82, 2.24) is 29.7 Å². The van der Waals surface area contributed by atoms with Gasteiger partial charge in [0.1, 0.15) is 5.56 Å². The fraction of sp³-hybridized carbons (Fsp3) is 0.700. The van der Waals surface area contributed by atoms with E-state index in [-0.39, 0.29) is 11.5 Å². The lowest BCUT2D eigenvalue weighted by Crippen LogP contribution is -2.45. The topological polar surface area (TPSA) is 86.1 Å². The van der Waals surface area contributed by atoms with Crippen LogP contribution in [0, 0.1) is 5.92 Å². The number of carbonyl (C=O) groups excluding carboxylic acids is 1. The summed E-state index contributed by atoms with van der Waals surface area (Å²) in [5.74, 6) is 0.352. The van der Waals surface area contributed by atoms with Crippen molar-refractivity contribution in [3.63, 3.8) is 0 Å². The van der Waals surface area contributed by atoms with Crippen molar-refractivity contribution in [3.8, 4) is 0 Å². The summed E-state index contributed by atoms with van der Waals surface area (Å²) in [6, 6.07) is 0. The van der Waals surface area contributed by atoms with Crippen LogP contribution in [0.5, 0.6) is 0 Å². The predicted molar refractivity (Wildman–Crippen MR) is 119 cm³/mol. The van der Waals surface area contributed by atoms with Gasteiger partial charge in [-0.2, -0.15) is 4.52 Å². The SMILES string of the molecule is CC1CCN(c2nn3c(=O)c(C(=O)NCCCN4CCN(C)CC4)cnc3s2)CC1. The maximum atomic E-state index is 12.8. The first-order chi connectivity index (χ1) is 14.5. The number of hydrogen-bond acceptors (Lipinski definition) is 8. The average molecular weight is 434 g/mol. The second-order valence-corrected chi connectivity index (χ2v) is 9.41. The van der Waals surface area contributed by atoms with Crippen LogP contribution in [-0.4, -0.2) is 89.7 Å². The zero-order chi connectivity index (χ0) is 21.1.